The maximum absolute atomic E-state index is 11.5. The molecule has 0 amide bonds. The monoisotopic (exact) mass is 205 g/mol. The van der Waals surface area contributed by atoms with E-state index in [1.165, 1.54) is 5.56 Å². The summed E-state index contributed by atoms with van der Waals surface area (Å²) in [6.07, 6.45) is 0.806. The molecule has 0 aliphatic rings. The van der Waals surface area contributed by atoms with E-state index in [0.29, 0.717) is 0 Å². The SMILES string of the molecule is CCN(C)[C@@H](Cc1ccccc1)C(C)=O. The highest BCUT2D eigenvalue weighted by Gasteiger charge is 2.18. The van der Waals surface area contributed by atoms with Gasteiger partial charge in [-0.05, 0) is 32.5 Å². The third kappa shape index (κ3) is 3.48. The van der Waals surface area contributed by atoms with E-state index in [-0.39, 0.29) is 11.8 Å². The number of hydrogen-bond acceptors (Lipinski definition) is 2. The molecule has 0 aliphatic carbocycles. The summed E-state index contributed by atoms with van der Waals surface area (Å²) in [5.74, 6) is 0.239. The summed E-state index contributed by atoms with van der Waals surface area (Å²) < 4.78 is 0. The number of carbonyl (C=O) groups is 1. The maximum atomic E-state index is 11.5. The zero-order valence-electron chi connectivity index (χ0n) is 9.73. The first-order valence-electron chi connectivity index (χ1n) is 5.39. The van der Waals surface area contributed by atoms with E-state index in [4.69, 9.17) is 0 Å². The Morgan fingerprint density at radius 3 is 2.40 bits per heavy atom. The Hall–Kier alpha value is -1.15. The van der Waals surface area contributed by atoms with E-state index in [2.05, 4.69) is 24.0 Å². The molecule has 1 aromatic carbocycles. The molecule has 0 saturated heterocycles. The fourth-order valence-electron chi connectivity index (χ4n) is 1.67. The van der Waals surface area contributed by atoms with Crippen molar-refractivity contribution in [2.75, 3.05) is 13.6 Å². The van der Waals surface area contributed by atoms with Crippen LogP contribution < -0.4 is 0 Å². The fourth-order valence-corrected chi connectivity index (χ4v) is 1.67. The quantitative estimate of drug-likeness (QED) is 0.734. The molecular formula is C13H19NO. The number of carbonyl (C=O) groups excluding carboxylic acids is 1. The average Bonchev–Trinajstić information content (AvgIpc) is 2.26. The van der Waals surface area contributed by atoms with Gasteiger partial charge in [-0.2, -0.15) is 0 Å². The van der Waals surface area contributed by atoms with Crippen LogP contribution in [-0.2, 0) is 11.2 Å². The lowest BCUT2D eigenvalue weighted by atomic mass is 10.0. The van der Waals surface area contributed by atoms with Crippen LogP contribution in [-0.4, -0.2) is 30.3 Å². The summed E-state index contributed by atoms with van der Waals surface area (Å²) in [5.41, 5.74) is 1.22. The third-order valence-corrected chi connectivity index (χ3v) is 2.77. The minimum atomic E-state index is 0.0115. The molecule has 1 rings (SSSR count). The molecule has 15 heavy (non-hydrogen) atoms. The van der Waals surface area contributed by atoms with Crippen molar-refractivity contribution in [1.29, 1.82) is 0 Å². The predicted molar refractivity (Wildman–Crippen MR) is 62.9 cm³/mol. The average molecular weight is 205 g/mol. The van der Waals surface area contributed by atoms with Crippen molar-refractivity contribution >= 4 is 5.78 Å². The van der Waals surface area contributed by atoms with E-state index in [1.807, 2.05) is 25.2 Å². The zero-order chi connectivity index (χ0) is 11.3. The van der Waals surface area contributed by atoms with Gasteiger partial charge in [0.1, 0.15) is 5.78 Å². The summed E-state index contributed by atoms with van der Waals surface area (Å²) in [6.45, 7) is 4.64. The molecule has 0 saturated carbocycles. The van der Waals surface area contributed by atoms with E-state index in [1.54, 1.807) is 6.92 Å². The number of Topliss-reactive ketones (excluding diaryl/α,β-unsaturated/α-hetero) is 1. The number of likely N-dealkylation sites (N-methyl/N-ethyl adjacent to an activating group) is 1. The Morgan fingerprint density at radius 2 is 1.93 bits per heavy atom. The summed E-state index contributed by atoms with van der Waals surface area (Å²) >= 11 is 0. The second-order valence-electron chi connectivity index (χ2n) is 3.89. The molecule has 0 aliphatic heterocycles. The molecular weight excluding hydrogens is 186 g/mol. The first-order chi connectivity index (χ1) is 7.15. The van der Waals surface area contributed by atoms with Crippen molar-refractivity contribution in [3.8, 4) is 0 Å². The van der Waals surface area contributed by atoms with E-state index < -0.39 is 0 Å². The van der Waals surface area contributed by atoms with Gasteiger partial charge in [-0.1, -0.05) is 37.3 Å². The number of hydrogen-bond donors (Lipinski definition) is 0. The van der Waals surface area contributed by atoms with Crippen LogP contribution in [0, 0.1) is 0 Å². The number of benzene rings is 1. The lowest BCUT2D eigenvalue weighted by Gasteiger charge is -2.24. The van der Waals surface area contributed by atoms with Crippen molar-refractivity contribution < 1.29 is 4.79 Å². The lowest BCUT2D eigenvalue weighted by Crippen LogP contribution is -2.38. The molecule has 82 valence electrons. The standard InChI is InChI=1S/C13H19NO/c1-4-14(3)13(11(2)15)10-12-8-6-5-7-9-12/h5-9,13H,4,10H2,1-3H3/t13-/m0/s1. The van der Waals surface area contributed by atoms with Crippen molar-refractivity contribution in [1.82, 2.24) is 4.90 Å². The van der Waals surface area contributed by atoms with Gasteiger partial charge in [-0.25, -0.2) is 0 Å². The van der Waals surface area contributed by atoms with Gasteiger partial charge in [-0.3, -0.25) is 9.69 Å². The predicted octanol–water partition coefficient (Wildman–Crippen LogP) is 2.14. The molecule has 0 N–H and O–H groups in total. The molecule has 0 spiro atoms. The van der Waals surface area contributed by atoms with Crippen LogP contribution in [0.15, 0.2) is 30.3 Å². The van der Waals surface area contributed by atoms with Crippen molar-refractivity contribution in [3.05, 3.63) is 35.9 Å². The summed E-state index contributed by atoms with van der Waals surface area (Å²) in [5, 5.41) is 0. The van der Waals surface area contributed by atoms with Gasteiger partial charge in [-0.15, -0.1) is 0 Å². The Balaban J connectivity index is 2.71. The summed E-state index contributed by atoms with van der Waals surface area (Å²) in [6, 6.07) is 10.2. The van der Waals surface area contributed by atoms with Crippen LogP contribution in [0.1, 0.15) is 19.4 Å². The van der Waals surface area contributed by atoms with Crippen molar-refractivity contribution in [2.24, 2.45) is 0 Å². The smallest absolute Gasteiger partial charge is 0.147 e. The Bertz CT molecular complexity index is 308. The minimum Gasteiger partial charge on any atom is -0.298 e. The summed E-state index contributed by atoms with van der Waals surface area (Å²) in [7, 11) is 2.00. The molecule has 2 heteroatoms. The molecule has 0 bridgehead atoms. The topological polar surface area (TPSA) is 20.3 Å². The van der Waals surface area contributed by atoms with E-state index >= 15 is 0 Å². The number of ketones is 1. The highest BCUT2D eigenvalue weighted by Crippen LogP contribution is 2.08. The van der Waals surface area contributed by atoms with E-state index in [0.717, 1.165) is 13.0 Å². The fraction of sp³-hybridized carbons (Fsp3) is 0.462. The first-order valence-corrected chi connectivity index (χ1v) is 5.39. The third-order valence-electron chi connectivity index (χ3n) is 2.77. The van der Waals surface area contributed by atoms with Gasteiger partial charge in [0.05, 0.1) is 6.04 Å². The van der Waals surface area contributed by atoms with Gasteiger partial charge in [0.25, 0.3) is 0 Å². The second kappa shape index (κ2) is 5.66. The van der Waals surface area contributed by atoms with Crippen molar-refractivity contribution in [3.63, 3.8) is 0 Å². The molecule has 0 unspecified atom stereocenters. The van der Waals surface area contributed by atoms with E-state index in [9.17, 15) is 4.79 Å². The minimum absolute atomic E-state index is 0.0115. The maximum Gasteiger partial charge on any atom is 0.147 e. The van der Waals surface area contributed by atoms with Crippen LogP contribution in [0.4, 0.5) is 0 Å². The molecule has 0 heterocycles. The summed E-state index contributed by atoms with van der Waals surface area (Å²) in [4.78, 5) is 13.6. The van der Waals surface area contributed by atoms with Crippen molar-refractivity contribution in [2.45, 2.75) is 26.3 Å². The number of rotatable bonds is 5. The van der Waals surface area contributed by atoms with Gasteiger partial charge in [0, 0.05) is 0 Å². The molecule has 1 atom stereocenters. The van der Waals surface area contributed by atoms with Gasteiger partial charge in [0.2, 0.25) is 0 Å². The van der Waals surface area contributed by atoms with Crippen LogP contribution in [0.25, 0.3) is 0 Å². The van der Waals surface area contributed by atoms with Crippen LogP contribution in [0.5, 0.6) is 0 Å². The normalized spacial score (nSPS) is 12.8. The largest absolute Gasteiger partial charge is 0.298 e. The molecule has 0 radical (unpaired) electrons. The first kappa shape index (κ1) is 11.9. The Labute approximate surface area is 91.9 Å². The second-order valence-corrected chi connectivity index (χ2v) is 3.89. The van der Waals surface area contributed by atoms with Gasteiger partial charge < -0.3 is 0 Å². The highest BCUT2D eigenvalue weighted by molar-refractivity contribution is 5.81. The van der Waals surface area contributed by atoms with Gasteiger partial charge in [0.15, 0.2) is 0 Å². The van der Waals surface area contributed by atoms with Gasteiger partial charge >= 0.3 is 0 Å². The number of nitrogens with zero attached hydrogens (tertiary/aromatic N) is 1. The van der Waals surface area contributed by atoms with Crippen LogP contribution in [0.3, 0.4) is 0 Å². The molecule has 2 nitrogen and oxygen atoms in total. The Kier molecular flexibility index (Phi) is 4.50. The highest BCUT2D eigenvalue weighted by atomic mass is 16.1. The molecule has 0 aromatic heterocycles. The van der Waals surface area contributed by atoms with Crippen LogP contribution in [0.2, 0.25) is 0 Å². The molecule has 1 aromatic rings. The molecule has 0 fully saturated rings. The lowest BCUT2D eigenvalue weighted by molar-refractivity contribution is -0.121. The zero-order valence-corrected chi connectivity index (χ0v) is 9.73. The van der Waals surface area contributed by atoms with Crippen LogP contribution >= 0.6 is 0 Å². The Morgan fingerprint density at radius 1 is 1.33 bits per heavy atom.